The van der Waals surface area contributed by atoms with E-state index in [9.17, 15) is 19.5 Å². The van der Waals surface area contributed by atoms with Crippen molar-refractivity contribution in [2.45, 2.75) is 81.3 Å². The van der Waals surface area contributed by atoms with E-state index < -0.39 is 21.6 Å². The van der Waals surface area contributed by atoms with Gasteiger partial charge < -0.3 is 33.6 Å². The van der Waals surface area contributed by atoms with E-state index in [-0.39, 0.29) is 43.6 Å². The van der Waals surface area contributed by atoms with Gasteiger partial charge in [0.2, 0.25) is 9.70 Å². The van der Waals surface area contributed by atoms with Crippen molar-refractivity contribution in [3.63, 3.8) is 0 Å². The lowest BCUT2D eigenvalue weighted by molar-refractivity contribution is -0.310. The molecule has 40 heavy (non-hydrogen) atoms. The molecular weight excluding hydrogens is 585 g/mol. The Morgan fingerprint density at radius 3 is 2.52 bits per heavy atom. The minimum atomic E-state index is -1.69. The van der Waals surface area contributed by atoms with Crippen molar-refractivity contribution in [2.75, 3.05) is 25.3 Å². The summed E-state index contributed by atoms with van der Waals surface area (Å²) >= 11 is 17.3. The molecule has 1 heterocycles. The predicted octanol–water partition coefficient (Wildman–Crippen LogP) is 5.30. The van der Waals surface area contributed by atoms with Gasteiger partial charge in [-0.25, -0.2) is 0 Å². The number of nitrogens with zero attached hydrogens (tertiary/aromatic N) is 1. The quantitative estimate of drug-likeness (QED) is 0.129. The van der Waals surface area contributed by atoms with Gasteiger partial charge in [0, 0.05) is 31.2 Å². The fourth-order valence-corrected chi connectivity index (χ4v) is 4.76. The Morgan fingerprint density at radius 1 is 1.23 bits per heavy atom. The summed E-state index contributed by atoms with van der Waals surface area (Å²) in [5.74, 6) is -1.36. The molecule has 0 saturated carbocycles. The van der Waals surface area contributed by atoms with Crippen molar-refractivity contribution < 1.29 is 38.4 Å². The van der Waals surface area contributed by atoms with Crippen LogP contribution in [-0.4, -0.2) is 71.9 Å². The summed E-state index contributed by atoms with van der Waals surface area (Å²) in [6, 6.07) is 4.77. The number of carbonyl (C=O) groups is 3. The van der Waals surface area contributed by atoms with Gasteiger partial charge >= 0.3 is 0 Å². The molecule has 224 valence electrons. The monoisotopic (exact) mass is 621 g/mol. The largest absolute Gasteiger partial charge is 0.508 e. The van der Waals surface area contributed by atoms with E-state index in [1.165, 1.54) is 18.1 Å². The number of phenolic OH excluding ortho intramolecular Hbond substituents is 1. The van der Waals surface area contributed by atoms with E-state index in [2.05, 4.69) is 6.08 Å². The Bertz CT molecular complexity index is 1040. The number of aryl methyl sites for hydroxylation is 1. The molecule has 1 amide bonds. The molecule has 0 spiro atoms. The van der Waals surface area contributed by atoms with Gasteiger partial charge in [-0.1, -0.05) is 47.8 Å². The number of methoxy groups -OCH3 is 1. The maximum Gasteiger partial charge on any atom is 0.231 e. The normalized spacial score (nSPS) is 22.0. The summed E-state index contributed by atoms with van der Waals surface area (Å²) < 4.78 is 20.9. The van der Waals surface area contributed by atoms with Crippen LogP contribution in [0, 0.1) is 5.92 Å². The second kappa shape index (κ2) is 15.5. The zero-order valence-electron chi connectivity index (χ0n) is 23.4. The Hall–Kier alpha value is -1.72. The van der Waals surface area contributed by atoms with Crippen LogP contribution in [0.3, 0.4) is 0 Å². The SMILES string of the molecule is CO[C@@H](C=O)CC(=O)N(COCC(Cl)(Cl)Cl)c1cc(O)cc(CC/C=C(/C)[C@@H]2OC(C)(C)O[C@@H](CC=O)[C@@H]2C)c1. The van der Waals surface area contributed by atoms with E-state index >= 15 is 0 Å². The van der Waals surface area contributed by atoms with E-state index in [1.807, 2.05) is 27.7 Å². The van der Waals surface area contributed by atoms with Crippen molar-refractivity contribution in [2.24, 2.45) is 5.92 Å². The molecule has 1 aromatic rings. The second-order valence-electron chi connectivity index (χ2n) is 10.2. The molecule has 0 radical (unpaired) electrons. The van der Waals surface area contributed by atoms with Gasteiger partial charge in [-0.3, -0.25) is 9.69 Å². The molecule has 12 heteroatoms. The van der Waals surface area contributed by atoms with Crippen LogP contribution in [0.1, 0.15) is 52.5 Å². The highest BCUT2D eigenvalue weighted by Gasteiger charge is 2.41. The van der Waals surface area contributed by atoms with E-state index in [0.29, 0.717) is 31.2 Å². The highest BCUT2D eigenvalue weighted by atomic mass is 35.6. The number of benzene rings is 1. The minimum Gasteiger partial charge on any atom is -0.508 e. The van der Waals surface area contributed by atoms with Gasteiger partial charge in [-0.05, 0) is 56.9 Å². The minimum absolute atomic E-state index is 0.0172. The van der Waals surface area contributed by atoms with Crippen LogP contribution < -0.4 is 4.90 Å². The van der Waals surface area contributed by atoms with Gasteiger partial charge in [0.15, 0.2) is 5.79 Å². The van der Waals surface area contributed by atoms with Crippen LogP contribution in [0.15, 0.2) is 29.8 Å². The van der Waals surface area contributed by atoms with Gasteiger partial charge in [-0.2, -0.15) is 0 Å². The highest BCUT2D eigenvalue weighted by Crippen LogP contribution is 2.35. The standard InChI is InChI=1S/C28H38Cl3NO8/c1-18(26-19(2)24(9-10-33)39-27(3,4)40-26)7-6-8-20-11-21(13-22(35)12-20)32(17-38-16-28(29,30)31)25(36)14-23(15-34)37-5/h7,10-13,15,19,23-24,26,35H,6,8-9,14,16-17H2,1-5H3/b18-7-/t19-,23+,24-,26-/m0/s1. The lowest BCUT2D eigenvalue weighted by Crippen LogP contribution is -2.50. The van der Waals surface area contributed by atoms with Crippen LogP contribution in [0.25, 0.3) is 0 Å². The lowest BCUT2D eigenvalue weighted by Gasteiger charge is -2.45. The fraction of sp³-hybridized carbons (Fsp3) is 0.607. The average molecular weight is 623 g/mol. The Morgan fingerprint density at radius 2 is 1.93 bits per heavy atom. The summed E-state index contributed by atoms with van der Waals surface area (Å²) in [5.41, 5.74) is 2.12. The molecule has 1 saturated heterocycles. The Labute approximate surface area is 250 Å². The number of alkyl halides is 3. The zero-order valence-corrected chi connectivity index (χ0v) is 25.7. The number of amides is 1. The molecule has 1 N–H and O–H groups in total. The highest BCUT2D eigenvalue weighted by molar-refractivity contribution is 6.67. The van der Waals surface area contributed by atoms with E-state index in [0.717, 1.165) is 17.4 Å². The van der Waals surface area contributed by atoms with E-state index in [4.69, 9.17) is 53.8 Å². The maximum atomic E-state index is 13.1. The molecule has 0 aliphatic carbocycles. The van der Waals surface area contributed by atoms with Crippen LogP contribution >= 0.6 is 34.8 Å². The smallest absolute Gasteiger partial charge is 0.231 e. The maximum absolute atomic E-state index is 13.1. The predicted molar refractivity (Wildman–Crippen MR) is 154 cm³/mol. The van der Waals surface area contributed by atoms with Crippen LogP contribution in [0.2, 0.25) is 0 Å². The number of aldehydes is 2. The molecule has 4 atom stereocenters. The number of anilines is 1. The summed E-state index contributed by atoms with van der Waals surface area (Å²) in [6.07, 6.45) is 3.27. The molecule has 1 aromatic carbocycles. The number of hydrogen-bond acceptors (Lipinski definition) is 8. The summed E-state index contributed by atoms with van der Waals surface area (Å²) in [4.78, 5) is 36.7. The van der Waals surface area contributed by atoms with Gasteiger partial charge in [-0.15, -0.1) is 0 Å². The van der Waals surface area contributed by atoms with Crippen LogP contribution in [-0.2, 0) is 39.8 Å². The molecule has 9 nitrogen and oxygen atoms in total. The molecular formula is C28H38Cl3NO8. The molecule has 1 fully saturated rings. The number of phenols is 1. The molecule has 1 aliphatic rings. The third-order valence-corrected chi connectivity index (χ3v) is 6.81. The van der Waals surface area contributed by atoms with Gasteiger partial charge in [0.1, 0.15) is 31.2 Å². The number of carbonyl (C=O) groups excluding carboxylic acids is 3. The molecule has 1 aliphatic heterocycles. The Balaban J connectivity index is 2.21. The van der Waals surface area contributed by atoms with Gasteiger partial charge in [0.05, 0.1) is 25.2 Å². The molecule has 0 unspecified atom stereocenters. The third-order valence-electron chi connectivity index (χ3n) is 6.48. The van der Waals surface area contributed by atoms with Gasteiger partial charge in [0.25, 0.3) is 0 Å². The van der Waals surface area contributed by atoms with Crippen molar-refractivity contribution in [3.8, 4) is 5.75 Å². The van der Waals surface area contributed by atoms with Crippen molar-refractivity contribution in [1.29, 1.82) is 0 Å². The van der Waals surface area contributed by atoms with Crippen molar-refractivity contribution in [1.82, 2.24) is 0 Å². The fourth-order valence-electron chi connectivity index (χ4n) is 4.52. The summed E-state index contributed by atoms with van der Waals surface area (Å²) in [5, 5.41) is 10.4. The average Bonchev–Trinajstić information content (AvgIpc) is 2.86. The number of ether oxygens (including phenoxy) is 4. The second-order valence-corrected chi connectivity index (χ2v) is 12.7. The number of rotatable bonds is 14. The molecule has 0 bridgehead atoms. The lowest BCUT2D eigenvalue weighted by atomic mass is 9.89. The topological polar surface area (TPSA) is 112 Å². The number of hydrogen-bond donors (Lipinski definition) is 1. The molecule has 0 aromatic heterocycles. The molecule has 2 rings (SSSR count). The first-order valence-electron chi connectivity index (χ1n) is 12.9. The van der Waals surface area contributed by atoms with Crippen LogP contribution in [0.4, 0.5) is 5.69 Å². The summed E-state index contributed by atoms with van der Waals surface area (Å²) in [6.45, 7) is 7.09. The first-order chi connectivity index (χ1) is 18.7. The number of allylic oxidation sites excluding steroid dienone is 1. The van der Waals surface area contributed by atoms with Crippen LogP contribution in [0.5, 0.6) is 5.75 Å². The summed E-state index contributed by atoms with van der Waals surface area (Å²) in [7, 11) is 1.33. The van der Waals surface area contributed by atoms with E-state index in [1.54, 1.807) is 12.1 Å². The number of halogens is 3. The Kier molecular flexibility index (Phi) is 13.4. The third kappa shape index (κ3) is 10.9. The van der Waals surface area contributed by atoms with Crippen molar-refractivity contribution in [3.05, 3.63) is 35.4 Å². The zero-order chi connectivity index (χ0) is 30.1. The number of aromatic hydroxyl groups is 1. The first-order valence-corrected chi connectivity index (χ1v) is 14.0. The van der Waals surface area contributed by atoms with Crippen molar-refractivity contribution >= 4 is 59.0 Å². The first kappa shape index (κ1) is 34.5.